The van der Waals surface area contributed by atoms with Crippen molar-refractivity contribution < 1.29 is 14.3 Å². The number of benzene rings is 2. The zero-order valence-corrected chi connectivity index (χ0v) is 12.2. The molecule has 1 aromatic heterocycles. The van der Waals surface area contributed by atoms with Crippen molar-refractivity contribution in [2.24, 2.45) is 0 Å². The second kappa shape index (κ2) is 6.26. The van der Waals surface area contributed by atoms with E-state index in [4.69, 9.17) is 4.74 Å². The number of esters is 1. The Bertz CT molecular complexity index is 800. The molecule has 0 spiro atoms. The molecular weight excluding hydrogens is 278 g/mol. The number of aromatic nitrogens is 1. The highest BCUT2D eigenvalue weighted by Crippen LogP contribution is 2.26. The molecule has 0 fully saturated rings. The van der Waals surface area contributed by atoms with E-state index in [1.165, 1.54) is 7.11 Å². The molecule has 0 saturated heterocycles. The Hall–Kier alpha value is -2.88. The number of ether oxygens (including phenoxy) is 2. The van der Waals surface area contributed by atoms with Crippen molar-refractivity contribution in [3.05, 3.63) is 60.9 Å². The van der Waals surface area contributed by atoms with Crippen molar-refractivity contribution in [3.8, 4) is 16.9 Å². The van der Waals surface area contributed by atoms with Crippen LogP contribution in [0.1, 0.15) is 0 Å². The summed E-state index contributed by atoms with van der Waals surface area (Å²) >= 11 is 0. The molecule has 0 aliphatic rings. The molecule has 4 heteroatoms. The maximum Gasteiger partial charge on any atom is 0.343 e. The second-order valence-corrected chi connectivity index (χ2v) is 4.82. The molecule has 0 N–H and O–H groups in total. The summed E-state index contributed by atoms with van der Waals surface area (Å²) < 4.78 is 9.95. The van der Waals surface area contributed by atoms with Gasteiger partial charge in [0.1, 0.15) is 5.75 Å². The lowest BCUT2D eigenvalue weighted by atomic mass is 10.0. The number of rotatable bonds is 4. The van der Waals surface area contributed by atoms with Gasteiger partial charge >= 0.3 is 5.97 Å². The molecule has 22 heavy (non-hydrogen) atoms. The van der Waals surface area contributed by atoms with Crippen LogP contribution in [0.4, 0.5) is 0 Å². The Morgan fingerprint density at radius 2 is 1.68 bits per heavy atom. The van der Waals surface area contributed by atoms with Crippen molar-refractivity contribution in [1.82, 2.24) is 4.98 Å². The number of methoxy groups -OCH3 is 1. The van der Waals surface area contributed by atoms with Gasteiger partial charge in [-0.3, -0.25) is 4.98 Å². The molecule has 110 valence electrons. The molecule has 3 rings (SSSR count). The van der Waals surface area contributed by atoms with Gasteiger partial charge in [0.15, 0.2) is 6.61 Å². The first-order valence-corrected chi connectivity index (χ1v) is 6.90. The van der Waals surface area contributed by atoms with Gasteiger partial charge in [-0.2, -0.15) is 0 Å². The molecule has 0 radical (unpaired) electrons. The number of fused-ring (bicyclic) bond motifs is 1. The molecule has 4 nitrogen and oxygen atoms in total. The third-order valence-electron chi connectivity index (χ3n) is 3.41. The lowest BCUT2D eigenvalue weighted by molar-refractivity contribution is -0.142. The smallest absolute Gasteiger partial charge is 0.343 e. The maximum atomic E-state index is 11.1. The number of carbonyl (C=O) groups excluding carboxylic acids is 1. The quantitative estimate of drug-likeness (QED) is 0.691. The van der Waals surface area contributed by atoms with Gasteiger partial charge in [-0.05, 0) is 52.2 Å². The van der Waals surface area contributed by atoms with E-state index in [0.717, 1.165) is 21.9 Å². The molecule has 0 amide bonds. The topological polar surface area (TPSA) is 48.4 Å². The molecule has 0 bridgehead atoms. The van der Waals surface area contributed by atoms with Gasteiger partial charge in [0.2, 0.25) is 0 Å². The van der Waals surface area contributed by atoms with E-state index in [1.54, 1.807) is 12.4 Å². The van der Waals surface area contributed by atoms with E-state index in [2.05, 4.69) is 21.9 Å². The predicted octanol–water partition coefficient (Wildman–Crippen LogP) is 3.45. The Kier molecular flexibility index (Phi) is 4.01. The van der Waals surface area contributed by atoms with Crippen molar-refractivity contribution >= 4 is 16.7 Å². The summed E-state index contributed by atoms with van der Waals surface area (Å²) in [5.41, 5.74) is 2.26. The molecular formula is C18H15NO3. The molecule has 0 aliphatic heterocycles. The van der Waals surface area contributed by atoms with Crippen LogP contribution < -0.4 is 4.74 Å². The Balaban J connectivity index is 1.87. The summed E-state index contributed by atoms with van der Waals surface area (Å²) in [6.45, 7) is -0.0862. The largest absolute Gasteiger partial charge is 0.482 e. The fourth-order valence-electron chi connectivity index (χ4n) is 2.24. The van der Waals surface area contributed by atoms with E-state index in [-0.39, 0.29) is 6.61 Å². The van der Waals surface area contributed by atoms with Crippen LogP contribution in [0.5, 0.6) is 5.75 Å². The molecule has 1 heterocycles. The monoisotopic (exact) mass is 293 g/mol. The van der Waals surface area contributed by atoms with E-state index in [9.17, 15) is 4.79 Å². The van der Waals surface area contributed by atoms with E-state index in [1.807, 2.05) is 36.4 Å². The van der Waals surface area contributed by atoms with Crippen molar-refractivity contribution in [2.45, 2.75) is 0 Å². The molecule has 0 atom stereocenters. The van der Waals surface area contributed by atoms with E-state index < -0.39 is 5.97 Å². The first-order chi connectivity index (χ1) is 10.8. The Morgan fingerprint density at radius 3 is 2.45 bits per heavy atom. The minimum atomic E-state index is -0.395. The summed E-state index contributed by atoms with van der Waals surface area (Å²) in [5, 5.41) is 2.17. The van der Waals surface area contributed by atoms with Gasteiger partial charge < -0.3 is 9.47 Å². The Morgan fingerprint density at radius 1 is 0.955 bits per heavy atom. The van der Waals surface area contributed by atoms with Crippen molar-refractivity contribution in [3.63, 3.8) is 0 Å². The third-order valence-corrected chi connectivity index (χ3v) is 3.41. The van der Waals surface area contributed by atoms with Crippen LogP contribution >= 0.6 is 0 Å². The van der Waals surface area contributed by atoms with E-state index >= 15 is 0 Å². The van der Waals surface area contributed by atoms with Crippen LogP contribution in [-0.4, -0.2) is 24.7 Å². The third kappa shape index (κ3) is 3.06. The van der Waals surface area contributed by atoms with Crippen LogP contribution in [0.3, 0.4) is 0 Å². The number of hydrogen-bond acceptors (Lipinski definition) is 4. The van der Waals surface area contributed by atoms with Gasteiger partial charge in [-0.15, -0.1) is 0 Å². The average Bonchev–Trinajstić information content (AvgIpc) is 2.59. The minimum absolute atomic E-state index is 0.0862. The van der Waals surface area contributed by atoms with Gasteiger partial charge in [-0.1, -0.05) is 18.2 Å². The summed E-state index contributed by atoms with van der Waals surface area (Å²) in [4.78, 5) is 15.1. The Labute approximate surface area is 128 Å². The molecule has 3 aromatic rings. The summed E-state index contributed by atoms with van der Waals surface area (Å²) in [6, 6.07) is 15.9. The highest BCUT2D eigenvalue weighted by Gasteiger charge is 2.04. The molecule has 0 aliphatic carbocycles. The first-order valence-electron chi connectivity index (χ1n) is 6.90. The molecule has 2 aromatic carbocycles. The van der Waals surface area contributed by atoms with E-state index in [0.29, 0.717) is 5.75 Å². The fourth-order valence-corrected chi connectivity index (χ4v) is 2.24. The van der Waals surface area contributed by atoms with Crippen LogP contribution in [0.25, 0.3) is 21.9 Å². The van der Waals surface area contributed by atoms with Gasteiger partial charge in [0.05, 0.1) is 7.11 Å². The highest BCUT2D eigenvalue weighted by molar-refractivity contribution is 5.88. The van der Waals surface area contributed by atoms with Crippen molar-refractivity contribution in [1.29, 1.82) is 0 Å². The summed E-state index contributed by atoms with van der Waals surface area (Å²) in [6.07, 6.45) is 3.56. The average molecular weight is 293 g/mol. The standard InChI is InChI=1S/C18H15NO3/c1-21-18(20)12-22-17-5-4-15-10-14(2-3-16(15)11-17)13-6-8-19-9-7-13/h2-11H,12H2,1H3. The van der Waals surface area contributed by atoms with Crippen LogP contribution in [0.2, 0.25) is 0 Å². The summed E-state index contributed by atoms with van der Waals surface area (Å²) in [7, 11) is 1.34. The van der Waals surface area contributed by atoms with Crippen LogP contribution in [-0.2, 0) is 9.53 Å². The highest BCUT2D eigenvalue weighted by atomic mass is 16.6. The lowest BCUT2D eigenvalue weighted by Gasteiger charge is -2.07. The fraction of sp³-hybridized carbons (Fsp3) is 0.111. The first kappa shape index (κ1) is 14.1. The second-order valence-electron chi connectivity index (χ2n) is 4.82. The van der Waals surface area contributed by atoms with Crippen LogP contribution in [0, 0.1) is 0 Å². The van der Waals surface area contributed by atoms with Gasteiger partial charge in [0, 0.05) is 12.4 Å². The van der Waals surface area contributed by atoms with Crippen molar-refractivity contribution in [2.75, 3.05) is 13.7 Å². The van der Waals surface area contributed by atoms with Gasteiger partial charge in [-0.25, -0.2) is 4.79 Å². The van der Waals surface area contributed by atoms with Crippen LogP contribution in [0.15, 0.2) is 60.9 Å². The number of hydrogen-bond donors (Lipinski definition) is 0. The lowest BCUT2D eigenvalue weighted by Crippen LogP contribution is -2.12. The van der Waals surface area contributed by atoms with Gasteiger partial charge in [0.25, 0.3) is 0 Å². The zero-order valence-electron chi connectivity index (χ0n) is 12.2. The summed E-state index contributed by atoms with van der Waals surface area (Å²) in [5.74, 6) is 0.252. The number of nitrogens with zero attached hydrogens (tertiary/aromatic N) is 1. The normalized spacial score (nSPS) is 10.4. The molecule has 0 saturated carbocycles. The maximum absolute atomic E-state index is 11.1. The zero-order chi connectivity index (χ0) is 15.4. The minimum Gasteiger partial charge on any atom is -0.482 e. The number of pyridine rings is 1. The number of carbonyl (C=O) groups is 1. The molecule has 0 unspecified atom stereocenters. The predicted molar refractivity (Wildman–Crippen MR) is 84.7 cm³/mol. The SMILES string of the molecule is COC(=O)COc1ccc2cc(-c3ccncc3)ccc2c1.